The SMILES string of the molecule is CC(CBr)CN1CCCCC1CO. The third-order valence-corrected chi connectivity index (χ3v) is 3.87. The van der Waals surface area contributed by atoms with Crippen LogP contribution in [0.2, 0.25) is 0 Å². The van der Waals surface area contributed by atoms with Gasteiger partial charge in [0.05, 0.1) is 6.61 Å². The fourth-order valence-electron chi connectivity index (χ4n) is 1.96. The van der Waals surface area contributed by atoms with Crippen molar-refractivity contribution in [2.75, 3.05) is 25.0 Å². The van der Waals surface area contributed by atoms with Crippen LogP contribution in [0.4, 0.5) is 0 Å². The molecule has 0 aromatic rings. The molecule has 13 heavy (non-hydrogen) atoms. The van der Waals surface area contributed by atoms with Crippen LogP contribution in [0.15, 0.2) is 0 Å². The lowest BCUT2D eigenvalue weighted by molar-refractivity contribution is 0.0810. The second kappa shape index (κ2) is 5.99. The van der Waals surface area contributed by atoms with E-state index in [-0.39, 0.29) is 0 Å². The molecule has 1 saturated heterocycles. The molecule has 0 radical (unpaired) electrons. The Labute approximate surface area is 89.4 Å². The molecule has 0 aromatic heterocycles. The van der Waals surface area contributed by atoms with E-state index in [9.17, 15) is 5.11 Å². The van der Waals surface area contributed by atoms with Crippen LogP contribution in [-0.4, -0.2) is 41.1 Å². The molecular formula is C10H20BrNO. The van der Waals surface area contributed by atoms with E-state index < -0.39 is 0 Å². The Morgan fingerprint density at radius 1 is 1.54 bits per heavy atom. The minimum Gasteiger partial charge on any atom is -0.395 e. The van der Waals surface area contributed by atoms with Crippen LogP contribution in [0.25, 0.3) is 0 Å². The van der Waals surface area contributed by atoms with Crippen molar-refractivity contribution < 1.29 is 5.11 Å². The van der Waals surface area contributed by atoms with E-state index in [1.807, 2.05) is 0 Å². The normalized spacial score (nSPS) is 27.5. The van der Waals surface area contributed by atoms with E-state index in [4.69, 9.17) is 0 Å². The number of aliphatic hydroxyl groups excluding tert-OH is 1. The van der Waals surface area contributed by atoms with E-state index in [0.717, 1.165) is 11.9 Å². The summed E-state index contributed by atoms with van der Waals surface area (Å²) in [5.74, 6) is 0.687. The van der Waals surface area contributed by atoms with Crippen LogP contribution in [0, 0.1) is 5.92 Å². The predicted octanol–water partition coefficient (Wildman–Crippen LogP) is 1.86. The van der Waals surface area contributed by atoms with E-state index in [2.05, 4.69) is 27.8 Å². The van der Waals surface area contributed by atoms with Gasteiger partial charge < -0.3 is 5.11 Å². The zero-order valence-electron chi connectivity index (χ0n) is 8.38. The molecule has 1 N–H and O–H groups in total. The molecule has 1 fully saturated rings. The van der Waals surface area contributed by atoms with Crippen LogP contribution in [0.5, 0.6) is 0 Å². The van der Waals surface area contributed by atoms with Gasteiger partial charge in [-0.3, -0.25) is 4.90 Å². The Hall–Kier alpha value is 0.400. The number of halogens is 1. The Bertz CT molecular complexity index is 143. The lowest BCUT2D eigenvalue weighted by atomic mass is 10.0. The van der Waals surface area contributed by atoms with Gasteiger partial charge in [0.2, 0.25) is 0 Å². The first-order valence-corrected chi connectivity index (χ1v) is 6.31. The summed E-state index contributed by atoms with van der Waals surface area (Å²) in [4.78, 5) is 2.44. The molecule has 2 unspecified atom stereocenters. The third-order valence-electron chi connectivity index (χ3n) is 2.77. The largest absolute Gasteiger partial charge is 0.395 e. The molecular weight excluding hydrogens is 230 g/mol. The minimum atomic E-state index is 0.328. The van der Waals surface area contributed by atoms with Crippen molar-refractivity contribution in [2.24, 2.45) is 5.92 Å². The van der Waals surface area contributed by atoms with Gasteiger partial charge in [0.15, 0.2) is 0 Å². The molecule has 0 aromatic carbocycles. The van der Waals surface area contributed by atoms with E-state index in [1.165, 1.54) is 25.8 Å². The highest BCUT2D eigenvalue weighted by atomic mass is 79.9. The first-order valence-electron chi connectivity index (χ1n) is 5.18. The number of rotatable bonds is 4. The fraction of sp³-hybridized carbons (Fsp3) is 1.00. The van der Waals surface area contributed by atoms with Crippen molar-refractivity contribution in [3.8, 4) is 0 Å². The fourth-order valence-corrected chi connectivity index (χ4v) is 2.16. The van der Waals surface area contributed by atoms with Gasteiger partial charge in [-0.05, 0) is 25.3 Å². The second-order valence-electron chi connectivity index (χ2n) is 4.09. The molecule has 1 rings (SSSR count). The highest BCUT2D eigenvalue weighted by molar-refractivity contribution is 9.09. The Balaban J connectivity index is 2.35. The Morgan fingerprint density at radius 2 is 2.31 bits per heavy atom. The van der Waals surface area contributed by atoms with Crippen LogP contribution in [-0.2, 0) is 0 Å². The smallest absolute Gasteiger partial charge is 0.0586 e. The van der Waals surface area contributed by atoms with E-state index >= 15 is 0 Å². The molecule has 2 atom stereocenters. The van der Waals surface area contributed by atoms with Gasteiger partial charge in [-0.15, -0.1) is 0 Å². The van der Waals surface area contributed by atoms with E-state index in [1.54, 1.807) is 0 Å². The summed E-state index contributed by atoms with van der Waals surface area (Å²) in [5.41, 5.74) is 0. The van der Waals surface area contributed by atoms with Gasteiger partial charge in [-0.2, -0.15) is 0 Å². The summed E-state index contributed by atoms with van der Waals surface area (Å²) in [6.07, 6.45) is 3.75. The number of hydrogen-bond acceptors (Lipinski definition) is 2. The van der Waals surface area contributed by atoms with Crippen molar-refractivity contribution in [1.29, 1.82) is 0 Å². The second-order valence-corrected chi connectivity index (χ2v) is 4.73. The highest BCUT2D eigenvalue weighted by Gasteiger charge is 2.22. The molecule has 78 valence electrons. The van der Waals surface area contributed by atoms with Crippen molar-refractivity contribution in [1.82, 2.24) is 4.90 Å². The average Bonchev–Trinajstić information content (AvgIpc) is 2.18. The Kier molecular flexibility index (Phi) is 5.29. The molecule has 0 saturated carbocycles. The Morgan fingerprint density at radius 3 is 2.92 bits per heavy atom. The monoisotopic (exact) mass is 249 g/mol. The van der Waals surface area contributed by atoms with Gasteiger partial charge >= 0.3 is 0 Å². The summed E-state index contributed by atoms with van der Waals surface area (Å²) < 4.78 is 0. The van der Waals surface area contributed by atoms with Crippen LogP contribution < -0.4 is 0 Å². The topological polar surface area (TPSA) is 23.5 Å². The molecule has 1 aliphatic rings. The molecule has 0 aliphatic carbocycles. The first kappa shape index (κ1) is 11.5. The lowest BCUT2D eigenvalue weighted by Gasteiger charge is -2.35. The number of hydrogen-bond donors (Lipinski definition) is 1. The molecule has 1 heterocycles. The third kappa shape index (κ3) is 3.56. The number of aliphatic hydroxyl groups is 1. The first-order chi connectivity index (χ1) is 6.27. The van der Waals surface area contributed by atoms with Gasteiger partial charge in [-0.25, -0.2) is 0 Å². The molecule has 1 aliphatic heterocycles. The number of likely N-dealkylation sites (tertiary alicyclic amines) is 1. The summed E-state index contributed by atoms with van der Waals surface area (Å²) in [5, 5.41) is 10.3. The summed E-state index contributed by atoms with van der Waals surface area (Å²) in [7, 11) is 0. The zero-order chi connectivity index (χ0) is 9.68. The zero-order valence-corrected chi connectivity index (χ0v) is 9.96. The van der Waals surface area contributed by atoms with Gasteiger partial charge in [-0.1, -0.05) is 29.3 Å². The van der Waals surface area contributed by atoms with Crippen LogP contribution >= 0.6 is 15.9 Å². The van der Waals surface area contributed by atoms with Crippen LogP contribution in [0.1, 0.15) is 26.2 Å². The molecule has 0 amide bonds. The maximum absolute atomic E-state index is 9.19. The van der Waals surface area contributed by atoms with Crippen molar-refractivity contribution in [3.05, 3.63) is 0 Å². The summed E-state index contributed by atoms with van der Waals surface area (Å²) in [6.45, 7) is 4.87. The maximum atomic E-state index is 9.19. The molecule has 3 heteroatoms. The summed E-state index contributed by atoms with van der Waals surface area (Å²) in [6, 6.07) is 0.426. The maximum Gasteiger partial charge on any atom is 0.0586 e. The standard InChI is InChI=1S/C10H20BrNO/c1-9(6-11)7-12-5-3-2-4-10(12)8-13/h9-10,13H,2-8H2,1H3. The van der Waals surface area contributed by atoms with E-state index in [0.29, 0.717) is 18.6 Å². The number of nitrogens with zero attached hydrogens (tertiary/aromatic N) is 1. The average molecular weight is 250 g/mol. The molecule has 2 nitrogen and oxygen atoms in total. The lowest BCUT2D eigenvalue weighted by Crippen LogP contribution is -2.44. The summed E-state index contributed by atoms with van der Waals surface area (Å²) >= 11 is 3.49. The predicted molar refractivity (Wildman–Crippen MR) is 59.3 cm³/mol. The van der Waals surface area contributed by atoms with Crippen molar-refractivity contribution in [2.45, 2.75) is 32.2 Å². The highest BCUT2D eigenvalue weighted by Crippen LogP contribution is 2.18. The minimum absolute atomic E-state index is 0.328. The van der Waals surface area contributed by atoms with Gasteiger partial charge in [0.1, 0.15) is 0 Å². The van der Waals surface area contributed by atoms with Crippen molar-refractivity contribution >= 4 is 15.9 Å². The number of alkyl halides is 1. The van der Waals surface area contributed by atoms with Gasteiger partial charge in [0, 0.05) is 17.9 Å². The van der Waals surface area contributed by atoms with Crippen molar-refractivity contribution in [3.63, 3.8) is 0 Å². The van der Waals surface area contributed by atoms with Gasteiger partial charge in [0.25, 0.3) is 0 Å². The molecule has 0 spiro atoms. The quantitative estimate of drug-likeness (QED) is 0.770. The molecule has 0 bridgehead atoms. The van der Waals surface area contributed by atoms with Crippen LogP contribution in [0.3, 0.4) is 0 Å². The number of piperidine rings is 1.